The molecule has 0 aromatic heterocycles. The van der Waals surface area contributed by atoms with Crippen molar-refractivity contribution in [3.05, 3.63) is 35.4 Å². The predicted octanol–water partition coefficient (Wildman–Crippen LogP) is 4.81. The van der Waals surface area contributed by atoms with Crippen molar-refractivity contribution in [2.45, 2.75) is 58.2 Å². The van der Waals surface area contributed by atoms with Crippen LogP contribution in [0.5, 0.6) is 0 Å². The molecule has 1 rings (SSSR count). The van der Waals surface area contributed by atoms with Crippen LogP contribution in [0.3, 0.4) is 0 Å². The first-order chi connectivity index (χ1) is 9.47. The van der Waals surface area contributed by atoms with Gasteiger partial charge in [-0.3, -0.25) is 0 Å². The lowest BCUT2D eigenvalue weighted by Gasteiger charge is -2.16. The second-order valence-corrected chi connectivity index (χ2v) is 5.15. The number of hydrogen-bond acceptors (Lipinski definition) is 1. The molecule has 1 unspecified atom stereocenters. The minimum absolute atomic E-state index is 0.473. The molecule has 0 amide bonds. The van der Waals surface area contributed by atoms with Crippen molar-refractivity contribution in [3.63, 3.8) is 0 Å². The van der Waals surface area contributed by atoms with Crippen molar-refractivity contribution in [1.82, 2.24) is 5.32 Å². The summed E-state index contributed by atoms with van der Waals surface area (Å²) in [5.41, 5.74) is 0.219. The number of rotatable bonds is 8. The molecule has 114 valence electrons. The van der Waals surface area contributed by atoms with Crippen molar-refractivity contribution < 1.29 is 13.2 Å². The van der Waals surface area contributed by atoms with Crippen LogP contribution in [-0.2, 0) is 12.6 Å². The van der Waals surface area contributed by atoms with Crippen LogP contribution in [0.1, 0.15) is 50.7 Å². The van der Waals surface area contributed by atoms with Crippen LogP contribution in [0.2, 0.25) is 0 Å². The highest BCUT2D eigenvalue weighted by Crippen LogP contribution is 2.29. The van der Waals surface area contributed by atoms with Gasteiger partial charge in [-0.25, -0.2) is 0 Å². The third-order valence-electron chi connectivity index (χ3n) is 3.45. The zero-order chi connectivity index (χ0) is 15.0. The average molecular weight is 287 g/mol. The Labute approximate surface area is 119 Å². The van der Waals surface area contributed by atoms with E-state index in [1.165, 1.54) is 12.1 Å². The third-order valence-corrected chi connectivity index (χ3v) is 3.45. The number of halogens is 3. The minimum atomic E-state index is -4.25. The molecular formula is C16H24F3N. The molecule has 1 aromatic carbocycles. The zero-order valence-electron chi connectivity index (χ0n) is 12.3. The van der Waals surface area contributed by atoms with Gasteiger partial charge in [0, 0.05) is 6.04 Å². The highest BCUT2D eigenvalue weighted by Gasteiger charge is 2.30. The van der Waals surface area contributed by atoms with E-state index in [0.717, 1.165) is 43.9 Å². The van der Waals surface area contributed by atoms with Gasteiger partial charge in [-0.1, -0.05) is 32.0 Å². The van der Waals surface area contributed by atoms with Crippen LogP contribution in [0.4, 0.5) is 13.2 Å². The molecule has 0 saturated heterocycles. The van der Waals surface area contributed by atoms with Gasteiger partial charge in [0.05, 0.1) is 5.56 Å². The lowest BCUT2D eigenvalue weighted by molar-refractivity contribution is -0.137. The Bertz CT molecular complexity index is 388. The second-order valence-electron chi connectivity index (χ2n) is 5.15. The summed E-state index contributed by atoms with van der Waals surface area (Å²) in [7, 11) is 0. The Morgan fingerprint density at radius 2 is 1.95 bits per heavy atom. The van der Waals surface area contributed by atoms with Gasteiger partial charge in [0.15, 0.2) is 0 Å². The first-order valence-electron chi connectivity index (χ1n) is 7.36. The minimum Gasteiger partial charge on any atom is -0.314 e. The summed E-state index contributed by atoms with van der Waals surface area (Å²) in [6.07, 6.45) is 0.537. The van der Waals surface area contributed by atoms with Gasteiger partial charge < -0.3 is 5.32 Å². The van der Waals surface area contributed by atoms with Gasteiger partial charge in [0.2, 0.25) is 0 Å². The fourth-order valence-corrected chi connectivity index (χ4v) is 2.25. The Kier molecular flexibility index (Phi) is 7.06. The second kappa shape index (κ2) is 8.30. The molecule has 0 aliphatic carbocycles. The molecular weight excluding hydrogens is 263 g/mol. The first kappa shape index (κ1) is 17.0. The molecule has 0 radical (unpaired) electrons. The van der Waals surface area contributed by atoms with Crippen molar-refractivity contribution in [2.75, 3.05) is 6.54 Å². The highest BCUT2D eigenvalue weighted by atomic mass is 19.4. The predicted molar refractivity (Wildman–Crippen MR) is 76.8 cm³/mol. The number of benzene rings is 1. The van der Waals surface area contributed by atoms with Crippen molar-refractivity contribution >= 4 is 0 Å². The normalized spacial score (nSPS) is 13.4. The number of alkyl halides is 3. The summed E-state index contributed by atoms with van der Waals surface area (Å²) in [5, 5.41) is 3.46. The van der Waals surface area contributed by atoms with Crippen LogP contribution in [-0.4, -0.2) is 12.6 Å². The van der Waals surface area contributed by atoms with E-state index < -0.39 is 11.7 Å². The van der Waals surface area contributed by atoms with Crippen molar-refractivity contribution in [3.8, 4) is 0 Å². The van der Waals surface area contributed by atoms with Gasteiger partial charge in [0.1, 0.15) is 0 Å². The number of aryl methyl sites for hydroxylation is 1. The quantitative estimate of drug-likeness (QED) is 0.723. The van der Waals surface area contributed by atoms with Crippen molar-refractivity contribution in [2.24, 2.45) is 0 Å². The molecule has 0 bridgehead atoms. The summed E-state index contributed by atoms with van der Waals surface area (Å²) in [6.45, 7) is 5.27. The molecule has 0 saturated carbocycles. The fourth-order valence-electron chi connectivity index (χ4n) is 2.25. The van der Waals surface area contributed by atoms with E-state index in [1.54, 1.807) is 6.07 Å². The molecule has 0 fully saturated rings. The standard InChI is InChI=1S/C16H24F3N/c1-3-11-20-15(4-2)10-6-8-13-7-5-9-14(12-13)16(17,18)19/h5,7,9,12,15,20H,3-4,6,8,10-11H2,1-2H3. The Morgan fingerprint density at radius 1 is 1.20 bits per heavy atom. The maximum absolute atomic E-state index is 12.6. The molecule has 1 atom stereocenters. The summed E-state index contributed by atoms with van der Waals surface area (Å²) in [6, 6.07) is 6.13. The maximum Gasteiger partial charge on any atom is 0.416 e. The van der Waals surface area contributed by atoms with Gasteiger partial charge in [-0.05, 0) is 50.3 Å². The number of hydrogen-bond donors (Lipinski definition) is 1. The third kappa shape index (κ3) is 5.95. The fraction of sp³-hybridized carbons (Fsp3) is 0.625. The van der Waals surface area contributed by atoms with Crippen molar-refractivity contribution in [1.29, 1.82) is 0 Å². The first-order valence-corrected chi connectivity index (χ1v) is 7.36. The van der Waals surface area contributed by atoms with Crippen LogP contribution in [0, 0.1) is 0 Å². The van der Waals surface area contributed by atoms with E-state index in [-0.39, 0.29) is 0 Å². The molecule has 1 nitrogen and oxygen atoms in total. The summed E-state index contributed by atoms with van der Waals surface area (Å²) < 4.78 is 37.8. The Hall–Kier alpha value is -1.03. The molecule has 1 N–H and O–H groups in total. The molecule has 20 heavy (non-hydrogen) atoms. The monoisotopic (exact) mass is 287 g/mol. The van der Waals surface area contributed by atoms with Gasteiger partial charge in [0.25, 0.3) is 0 Å². The molecule has 1 aromatic rings. The topological polar surface area (TPSA) is 12.0 Å². The molecule has 0 aliphatic rings. The van der Waals surface area contributed by atoms with E-state index in [1.807, 2.05) is 0 Å². The van der Waals surface area contributed by atoms with Crippen LogP contribution < -0.4 is 5.32 Å². The Balaban J connectivity index is 2.45. The van der Waals surface area contributed by atoms with E-state index in [0.29, 0.717) is 12.5 Å². The Morgan fingerprint density at radius 3 is 2.55 bits per heavy atom. The van der Waals surface area contributed by atoms with Gasteiger partial charge in [-0.2, -0.15) is 13.2 Å². The molecule has 0 spiro atoms. The van der Waals surface area contributed by atoms with Gasteiger partial charge >= 0.3 is 6.18 Å². The highest BCUT2D eigenvalue weighted by molar-refractivity contribution is 5.25. The maximum atomic E-state index is 12.6. The molecule has 0 aliphatic heterocycles. The lowest BCUT2D eigenvalue weighted by Crippen LogP contribution is -2.29. The van der Waals surface area contributed by atoms with E-state index in [4.69, 9.17) is 0 Å². The number of nitrogens with one attached hydrogen (secondary N) is 1. The smallest absolute Gasteiger partial charge is 0.314 e. The van der Waals surface area contributed by atoms with Gasteiger partial charge in [-0.15, -0.1) is 0 Å². The summed E-state index contributed by atoms with van der Waals surface area (Å²) in [4.78, 5) is 0. The molecule has 0 heterocycles. The zero-order valence-corrected chi connectivity index (χ0v) is 12.3. The summed E-state index contributed by atoms with van der Waals surface area (Å²) >= 11 is 0. The van der Waals surface area contributed by atoms with E-state index in [2.05, 4.69) is 19.2 Å². The summed E-state index contributed by atoms with van der Waals surface area (Å²) in [5.74, 6) is 0. The van der Waals surface area contributed by atoms with Crippen LogP contribution in [0.15, 0.2) is 24.3 Å². The molecule has 4 heteroatoms. The SMILES string of the molecule is CCCNC(CC)CCCc1cccc(C(F)(F)F)c1. The average Bonchev–Trinajstić information content (AvgIpc) is 2.42. The lowest BCUT2D eigenvalue weighted by atomic mass is 10.0. The van der Waals surface area contributed by atoms with E-state index in [9.17, 15) is 13.2 Å². The van der Waals surface area contributed by atoms with Crippen LogP contribution >= 0.6 is 0 Å². The van der Waals surface area contributed by atoms with E-state index >= 15 is 0 Å². The largest absolute Gasteiger partial charge is 0.416 e. The van der Waals surface area contributed by atoms with Crippen LogP contribution in [0.25, 0.3) is 0 Å².